The third kappa shape index (κ3) is 3.52. The fourth-order valence-corrected chi connectivity index (χ4v) is 2.07. The van der Waals surface area contributed by atoms with Crippen LogP contribution in [0.1, 0.15) is 24.2 Å². The van der Waals surface area contributed by atoms with Crippen LogP contribution in [0.15, 0.2) is 24.5 Å². The molecule has 1 saturated carbocycles. The van der Waals surface area contributed by atoms with Gasteiger partial charge in [-0.2, -0.15) is 0 Å². The van der Waals surface area contributed by atoms with Gasteiger partial charge in [0.05, 0.1) is 7.11 Å². The molecule has 2 aromatic rings. The Balaban J connectivity index is 1.68. The molecule has 1 aliphatic rings. The molecule has 1 heterocycles. The van der Waals surface area contributed by atoms with Crippen molar-refractivity contribution in [3.8, 4) is 11.5 Å². The van der Waals surface area contributed by atoms with Crippen molar-refractivity contribution in [2.45, 2.75) is 32.0 Å². The highest BCUT2D eigenvalue weighted by molar-refractivity contribution is 5.43. The second-order valence-electron chi connectivity index (χ2n) is 5.29. The Hall–Kier alpha value is -2.08. The van der Waals surface area contributed by atoms with Crippen molar-refractivity contribution in [1.29, 1.82) is 0 Å². The van der Waals surface area contributed by atoms with Gasteiger partial charge < -0.3 is 19.4 Å². The van der Waals surface area contributed by atoms with Crippen molar-refractivity contribution in [3.63, 3.8) is 0 Å². The van der Waals surface area contributed by atoms with E-state index >= 15 is 0 Å². The molecule has 0 aliphatic heterocycles. The molecule has 0 unspecified atom stereocenters. The van der Waals surface area contributed by atoms with Gasteiger partial charge in [-0.3, -0.25) is 0 Å². The van der Waals surface area contributed by atoms with Crippen LogP contribution < -0.4 is 14.8 Å². The third-order valence-electron chi connectivity index (χ3n) is 3.56. The van der Waals surface area contributed by atoms with E-state index in [2.05, 4.69) is 21.6 Å². The number of nitrogens with zero attached hydrogens (tertiary/aromatic N) is 3. The summed E-state index contributed by atoms with van der Waals surface area (Å²) in [4.78, 5) is 0. The Bertz CT molecular complexity index is 607. The highest BCUT2D eigenvalue weighted by atomic mass is 16.5. The van der Waals surface area contributed by atoms with E-state index in [0.29, 0.717) is 12.6 Å². The van der Waals surface area contributed by atoms with Gasteiger partial charge in [-0.15, -0.1) is 10.2 Å². The van der Waals surface area contributed by atoms with Crippen molar-refractivity contribution >= 4 is 0 Å². The van der Waals surface area contributed by atoms with Gasteiger partial charge >= 0.3 is 0 Å². The summed E-state index contributed by atoms with van der Waals surface area (Å²) in [5.41, 5.74) is 1.19. The Labute approximate surface area is 124 Å². The number of aryl methyl sites for hydroxylation is 1. The van der Waals surface area contributed by atoms with Gasteiger partial charge in [0, 0.05) is 19.6 Å². The summed E-state index contributed by atoms with van der Waals surface area (Å²) in [6, 6.07) is 6.71. The summed E-state index contributed by atoms with van der Waals surface area (Å²) in [7, 11) is 3.54. The first-order chi connectivity index (χ1) is 10.3. The fraction of sp³-hybridized carbons (Fsp3) is 0.467. The van der Waals surface area contributed by atoms with E-state index in [1.807, 2.05) is 23.7 Å². The normalized spacial score (nSPS) is 14.2. The molecule has 1 aromatic carbocycles. The molecule has 112 valence electrons. The highest BCUT2D eigenvalue weighted by Crippen LogP contribution is 2.29. The molecule has 3 rings (SSSR count). The number of hydrogen-bond donors (Lipinski definition) is 1. The van der Waals surface area contributed by atoms with Crippen molar-refractivity contribution in [2.75, 3.05) is 7.11 Å². The first-order valence-electron chi connectivity index (χ1n) is 7.12. The molecule has 0 atom stereocenters. The maximum Gasteiger partial charge on any atom is 0.170 e. The first-order valence-corrected chi connectivity index (χ1v) is 7.12. The number of nitrogens with one attached hydrogen (secondary N) is 1. The lowest BCUT2D eigenvalue weighted by atomic mass is 10.2. The molecule has 1 aliphatic carbocycles. The summed E-state index contributed by atoms with van der Waals surface area (Å²) in [5, 5.41) is 11.3. The van der Waals surface area contributed by atoms with E-state index in [4.69, 9.17) is 9.47 Å². The maximum atomic E-state index is 5.84. The van der Waals surface area contributed by atoms with Crippen LogP contribution in [0.5, 0.6) is 11.5 Å². The Morgan fingerprint density at radius 2 is 2.19 bits per heavy atom. The lowest BCUT2D eigenvalue weighted by molar-refractivity contribution is 0.272. The number of rotatable bonds is 7. The minimum atomic E-state index is 0.367. The molecule has 6 heteroatoms. The largest absolute Gasteiger partial charge is 0.493 e. The minimum Gasteiger partial charge on any atom is -0.493 e. The van der Waals surface area contributed by atoms with E-state index in [1.54, 1.807) is 13.4 Å². The SMILES string of the molecule is COc1ccc(CNC2CC2)cc1OCc1nncn1C. The number of methoxy groups -OCH3 is 1. The van der Waals surface area contributed by atoms with Crippen LogP contribution in [0.4, 0.5) is 0 Å². The number of benzene rings is 1. The zero-order valence-corrected chi connectivity index (χ0v) is 12.4. The molecule has 0 amide bonds. The maximum absolute atomic E-state index is 5.84. The molecule has 1 N–H and O–H groups in total. The van der Waals surface area contributed by atoms with Gasteiger partial charge in [0.1, 0.15) is 12.9 Å². The average Bonchev–Trinajstić information content (AvgIpc) is 3.25. The third-order valence-corrected chi connectivity index (χ3v) is 3.56. The Morgan fingerprint density at radius 3 is 2.86 bits per heavy atom. The Morgan fingerprint density at radius 1 is 1.33 bits per heavy atom. The van der Waals surface area contributed by atoms with E-state index in [9.17, 15) is 0 Å². The Kier molecular flexibility index (Phi) is 4.06. The lowest BCUT2D eigenvalue weighted by Crippen LogP contribution is -2.15. The topological polar surface area (TPSA) is 61.2 Å². The van der Waals surface area contributed by atoms with Gasteiger partial charge in [0.25, 0.3) is 0 Å². The second-order valence-corrected chi connectivity index (χ2v) is 5.29. The van der Waals surface area contributed by atoms with Crippen LogP contribution >= 0.6 is 0 Å². The van der Waals surface area contributed by atoms with Gasteiger partial charge in [-0.05, 0) is 30.5 Å². The van der Waals surface area contributed by atoms with Gasteiger partial charge in [0.15, 0.2) is 17.3 Å². The van der Waals surface area contributed by atoms with Crippen molar-refractivity contribution in [1.82, 2.24) is 20.1 Å². The smallest absolute Gasteiger partial charge is 0.170 e. The zero-order chi connectivity index (χ0) is 14.7. The average molecular weight is 288 g/mol. The molecule has 0 radical (unpaired) electrons. The number of ether oxygens (including phenoxy) is 2. The lowest BCUT2D eigenvalue weighted by Gasteiger charge is -2.12. The van der Waals surface area contributed by atoms with Crippen molar-refractivity contribution in [3.05, 3.63) is 35.9 Å². The van der Waals surface area contributed by atoms with Crippen LogP contribution in [-0.2, 0) is 20.2 Å². The fourth-order valence-electron chi connectivity index (χ4n) is 2.07. The highest BCUT2D eigenvalue weighted by Gasteiger charge is 2.20. The molecule has 1 aromatic heterocycles. The van der Waals surface area contributed by atoms with E-state index in [-0.39, 0.29) is 0 Å². The molecular formula is C15H20N4O2. The monoisotopic (exact) mass is 288 g/mol. The molecule has 6 nitrogen and oxygen atoms in total. The molecule has 21 heavy (non-hydrogen) atoms. The predicted octanol–water partition coefficient (Wildman–Crippen LogP) is 1.65. The first kappa shape index (κ1) is 13.9. The van der Waals surface area contributed by atoms with Gasteiger partial charge in [-0.1, -0.05) is 6.07 Å². The summed E-state index contributed by atoms with van der Waals surface area (Å²) in [6.07, 6.45) is 4.23. The quantitative estimate of drug-likeness (QED) is 0.839. The predicted molar refractivity (Wildman–Crippen MR) is 78.2 cm³/mol. The van der Waals surface area contributed by atoms with Crippen LogP contribution in [0, 0.1) is 0 Å². The van der Waals surface area contributed by atoms with E-state index < -0.39 is 0 Å². The van der Waals surface area contributed by atoms with Gasteiger partial charge in [-0.25, -0.2) is 0 Å². The number of hydrogen-bond acceptors (Lipinski definition) is 5. The molecule has 0 saturated heterocycles. The second kappa shape index (κ2) is 6.13. The van der Waals surface area contributed by atoms with E-state index in [1.165, 1.54) is 18.4 Å². The summed E-state index contributed by atoms with van der Waals surface area (Å²) < 4.78 is 13.0. The number of aromatic nitrogens is 3. The molecular weight excluding hydrogens is 268 g/mol. The van der Waals surface area contributed by atoms with E-state index in [0.717, 1.165) is 23.9 Å². The molecule has 0 spiro atoms. The van der Waals surface area contributed by atoms with Gasteiger partial charge in [0.2, 0.25) is 0 Å². The van der Waals surface area contributed by atoms with Crippen LogP contribution in [0.3, 0.4) is 0 Å². The van der Waals surface area contributed by atoms with Crippen LogP contribution in [-0.4, -0.2) is 27.9 Å². The molecule has 0 bridgehead atoms. The molecule has 1 fully saturated rings. The van der Waals surface area contributed by atoms with Crippen molar-refractivity contribution in [2.24, 2.45) is 7.05 Å². The van der Waals surface area contributed by atoms with Crippen LogP contribution in [0.2, 0.25) is 0 Å². The summed E-state index contributed by atoms with van der Waals surface area (Å²) in [6.45, 7) is 1.22. The zero-order valence-electron chi connectivity index (χ0n) is 12.4. The standard InChI is InChI=1S/C15H20N4O2/c1-19-10-17-18-15(19)9-21-14-7-11(3-6-13(14)20-2)8-16-12-4-5-12/h3,6-7,10,12,16H,4-5,8-9H2,1-2H3. The minimum absolute atomic E-state index is 0.367. The van der Waals surface area contributed by atoms with Crippen LogP contribution in [0.25, 0.3) is 0 Å². The van der Waals surface area contributed by atoms with Crippen molar-refractivity contribution < 1.29 is 9.47 Å². The summed E-state index contributed by atoms with van der Waals surface area (Å²) in [5.74, 6) is 2.24. The summed E-state index contributed by atoms with van der Waals surface area (Å²) >= 11 is 0.